The van der Waals surface area contributed by atoms with Gasteiger partial charge in [0.2, 0.25) is 0 Å². The first-order valence-electron chi connectivity index (χ1n) is 8.12. The molecule has 0 saturated heterocycles. The van der Waals surface area contributed by atoms with Gasteiger partial charge in [-0.2, -0.15) is 0 Å². The first kappa shape index (κ1) is 14.6. The summed E-state index contributed by atoms with van der Waals surface area (Å²) in [7, 11) is 2.09. The molecule has 21 heavy (non-hydrogen) atoms. The Morgan fingerprint density at radius 1 is 1.29 bits per heavy atom. The molecule has 1 aromatic carbocycles. The van der Waals surface area contributed by atoms with Crippen molar-refractivity contribution in [2.75, 3.05) is 20.2 Å². The van der Waals surface area contributed by atoms with E-state index in [2.05, 4.69) is 18.9 Å². The maximum atomic E-state index is 12.5. The van der Waals surface area contributed by atoms with Gasteiger partial charge < -0.3 is 4.74 Å². The zero-order chi connectivity index (χ0) is 14.8. The number of benzene rings is 1. The lowest BCUT2D eigenvalue weighted by Crippen LogP contribution is -2.38. The average Bonchev–Trinajstić information content (AvgIpc) is 2.95. The van der Waals surface area contributed by atoms with E-state index in [1.807, 2.05) is 18.2 Å². The Balaban J connectivity index is 1.60. The minimum Gasteiger partial charge on any atom is -0.493 e. The van der Waals surface area contributed by atoms with Crippen LogP contribution >= 0.6 is 0 Å². The zero-order valence-electron chi connectivity index (χ0n) is 13.1. The van der Waals surface area contributed by atoms with Gasteiger partial charge in [-0.15, -0.1) is 0 Å². The van der Waals surface area contributed by atoms with Crippen molar-refractivity contribution in [1.82, 2.24) is 4.90 Å². The molecule has 3 heteroatoms. The van der Waals surface area contributed by atoms with Gasteiger partial charge in [-0.25, -0.2) is 0 Å². The Labute approximate surface area is 127 Å². The highest BCUT2D eigenvalue weighted by molar-refractivity contribution is 5.98. The summed E-state index contributed by atoms with van der Waals surface area (Å²) < 4.78 is 5.50. The molecule has 0 amide bonds. The molecule has 1 aliphatic heterocycles. The molecule has 3 rings (SSSR count). The highest BCUT2D eigenvalue weighted by atomic mass is 16.5. The molecular weight excluding hydrogens is 262 g/mol. The fraction of sp³-hybridized carbons (Fsp3) is 0.611. The summed E-state index contributed by atoms with van der Waals surface area (Å²) in [6, 6.07) is 6.44. The van der Waals surface area contributed by atoms with E-state index in [1.54, 1.807) is 0 Å². The molecule has 0 radical (unpaired) electrons. The first-order valence-corrected chi connectivity index (χ1v) is 8.12. The van der Waals surface area contributed by atoms with Crippen molar-refractivity contribution in [1.29, 1.82) is 0 Å². The van der Waals surface area contributed by atoms with Gasteiger partial charge in [0.1, 0.15) is 5.75 Å². The molecule has 3 nitrogen and oxygen atoms in total. The number of Topliss-reactive ketones (excluding diaryl/α,β-unsaturated/α-hetero) is 1. The quantitative estimate of drug-likeness (QED) is 0.796. The van der Waals surface area contributed by atoms with Gasteiger partial charge in [0.25, 0.3) is 0 Å². The number of fused-ring (bicyclic) bond motifs is 1. The molecule has 1 aromatic rings. The van der Waals surface area contributed by atoms with Gasteiger partial charge in [0, 0.05) is 18.0 Å². The maximum Gasteiger partial charge on any atom is 0.176 e. The number of nitrogens with zero attached hydrogens (tertiary/aromatic N) is 1. The van der Waals surface area contributed by atoms with Crippen LogP contribution in [-0.4, -0.2) is 36.9 Å². The summed E-state index contributed by atoms with van der Waals surface area (Å²) in [5.74, 6) is 2.02. The largest absolute Gasteiger partial charge is 0.493 e. The molecule has 0 spiro atoms. The van der Waals surface area contributed by atoms with Crippen molar-refractivity contribution < 1.29 is 9.53 Å². The number of carbonyl (C=O) groups excluding carboxylic acids is 1. The smallest absolute Gasteiger partial charge is 0.176 e. The third-order valence-corrected chi connectivity index (χ3v) is 5.01. The Kier molecular flexibility index (Phi) is 4.29. The fourth-order valence-corrected chi connectivity index (χ4v) is 3.49. The molecule has 0 N–H and O–H groups in total. The summed E-state index contributed by atoms with van der Waals surface area (Å²) in [5, 5.41) is 0. The minimum absolute atomic E-state index is 0.228. The van der Waals surface area contributed by atoms with Gasteiger partial charge in [0.05, 0.1) is 13.2 Å². The van der Waals surface area contributed by atoms with E-state index < -0.39 is 0 Å². The Morgan fingerprint density at radius 3 is 2.81 bits per heavy atom. The second-order valence-corrected chi connectivity index (χ2v) is 6.67. The van der Waals surface area contributed by atoms with Crippen LogP contribution in [0.4, 0.5) is 0 Å². The Bertz CT molecular complexity index is 518. The van der Waals surface area contributed by atoms with E-state index in [-0.39, 0.29) is 5.78 Å². The number of carbonyl (C=O) groups is 1. The molecule has 1 saturated carbocycles. The third kappa shape index (κ3) is 3.29. The molecule has 0 aromatic heterocycles. The number of ether oxygens (including phenoxy) is 1. The Morgan fingerprint density at radius 2 is 2.05 bits per heavy atom. The second-order valence-electron chi connectivity index (χ2n) is 6.67. The highest BCUT2D eigenvalue weighted by Gasteiger charge is 2.23. The van der Waals surface area contributed by atoms with E-state index in [0.717, 1.165) is 30.3 Å². The van der Waals surface area contributed by atoms with E-state index in [1.165, 1.54) is 31.2 Å². The lowest BCUT2D eigenvalue weighted by atomic mass is 9.86. The lowest BCUT2D eigenvalue weighted by molar-refractivity contribution is 0.0888. The third-order valence-electron chi connectivity index (χ3n) is 5.01. The van der Waals surface area contributed by atoms with Gasteiger partial charge >= 0.3 is 0 Å². The van der Waals surface area contributed by atoms with Gasteiger partial charge in [-0.1, -0.05) is 6.92 Å². The molecule has 1 heterocycles. The number of likely N-dealkylation sites (N-methyl/N-ethyl adjacent to an activating group) is 1. The van der Waals surface area contributed by atoms with E-state index >= 15 is 0 Å². The normalized spacial score (nSPS) is 24.7. The van der Waals surface area contributed by atoms with Crippen molar-refractivity contribution in [3.63, 3.8) is 0 Å². The van der Waals surface area contributed by atoms with Crippen LogP contribution in [-0.2, 0) is 6.42 Å². The second kappa shape index (κ2) is 6.18. The van der Waals surface area contributed by atoms with E-state index in [9.17, 15) is 4.79 Å². The first-order chi connectivity index (χ1) is 10.1. The van der Waals surface area contributed by atoms with Crippen molar-refractivity contribution in [2.24, 2.45) is 5.92 Å². The van der Waals surface area contributed by atoms with Crippen LogP contribution in [0.2, 0.25) is 0 Å². The van der Waals surface area contributed by atoms with Crippen LogP contribution in [0, 0.1) is 5.92 Å². The van der Waals surface area contributed by atoms with Crippen LogP contribution in [0.1, 0.15) is 48.5 Å². The fourth-order valence-electron chi connectivity index (χ4n) is 3.49. The van der Waals surface area contributed by atoms with Crippen molar-refractivity contribution in [3.8, 4) is 5.75 Å². The van der Waals surface area contributed by atoms with E-state index in [0.29, 0.717) is 12.6 Å². The zero-order valence-corrected chi connectivity index (χ0v) is 13.1. The van der Waals surface area contributed by atoms with Crippen molar-refractivity contribution in [2.45, 2.75) is 45.1 Å². The van der Waals surface area contributed by atoms with E-state index in [4.69, 9.17) is 4.74 Å². The highest BCUT2D eigenvalue weighted by Crippen LogP contribution is 2.28. The molecule has 1 aliphatic carbocycles. The summed E-state index contributed by atoms with van der Waals surface area (Å²) >= 11 is 0. The summed E-state index contributed by atoms with van der Waals surface area (Å²) in [5.41, 5.74) is 2.00. The van der Waals surface area contributed by atoms with Gasteiger partial charge in [0.15, 0.2) is 5.78 Å². The molecule has 0 unspecified atom stereocenters. The lowest BCUT2D eigenvalue weighted by Gasteiger charge is -2.33. The molecule has 0 bridgehead atoms. The number of hydrogen-bond donors (Lipinski definition) is 0. The van der Waals surface area contributed by atoms with Crippen LogP contribution in [0.5, 0.6) is 5.75 Å². The number of hydrogen-bond acceptors (Lipinski definition) is 3. The molecule has 0 atom stereocenters. The van der Waals surface area contributed by atoms with Crippen molar-refractivity contribution >= 4 is 5.78 Å². The molecule has 114 valence electrons. The predicted octanol–water partition coefficient (Wildman–Crippen LogP) is 3.31. The summed E-state index contributed by atoms with van der Waals surface area (Å²) in [4.78, 5) is 14.7. The molecular formula is C18H25NO2. The number of ketones is 1. The minimum atomic E-state index is 0.228. The van der Waals surface area contributed by atoms with Crippen LogP contribution in [0.3, 0.4) is 0 Å². The predicted molar refractivity (Wildman–Crippen MR) is 84.0 cm³/mol. The molecule has 2 aliphatic rings. The average molecular weight is 287 g/mol. The van der Waals surface area contributed by atoms with Crippen LogP contribution in [0.25, 0.3) is 0 Å². The van der Waals surface area contributed by atoms with Gasteiger partial charge in [-0.3, -0.25) is 9.69 Å². The monoisotopic (exact) mass is 287 g/mol. The standard InChI is InChI=1S/C18H25NO2/c1-13-3-6-16(7-4-13)19(2)12-17(20)14-5-8-18-15(11-14)9-10-21-18/h5,8,11,13,16H,3-4,6-7,9-10,12H2,1-2H3. The topological polar surface area (TPSA) is 29.5 Å². The SMILES string of the molecule is CC1CCC(N(C)CC(=O)c2ccc3c(c2)CCO3)CC1. The summed E-state index contributed by atoms with van der Waals surface area (Å²) in [6.45, 7) is 3.60. The number of rotatable bonds is 4. The van der Waals surface area contributed by atoms with Crippen LogP contribution in [0.15, 0.2) is 18.2 Å². The molecule has 1 fully saturated rings. The summed E-state index contributed by atoms with van der Waals surface area (Å²) in [6.07, 6.45) is 5.96. The Hall–Kier alpha value is -1.35. The van der Waals surface area contributed by atoms with Crippen LogP contribution < -0.4 is 4.74 Å². The maximum absolute atomic E-state index is 12.5. The van der Waals surface area contributed by atoms with Gasteiger partial charge in [-0.05, 0) is 62.4 Å². The van der Waals surface area contributed by atoms with Crippen molar-refractivity contribution in [3.05, 3.63) is 29.3 Å².